The molecule has 0 bridgehead atoms. The quantitative estimate of drug-likeness (QED) is 0.128. The fourth-order valence-electron chi connectivity index (χ4n) is 4.50. The van der Waals surface area contributed by atoms with Crippen molar-refractivity contribution < 1.29 is 13.9 Å². The van der Waals surface area contributed by atoms with E-state index in [1.54, 1.807) is 12.1 Å². The number of halogens is 1. The number of unbranched alkanes of at least 4 members (excludes halogenated alkanes) is 6. The van der Waals surface area contributed by atoms with E-state index in [4.69, 9.17) is 4.74 Å². The molecule has 0 saturated carbocycles. The summed E-state index contributed by atoms with van der Waals surface area (Å²) in [4.78, 5) is 12.4. The van der Waals surface area contributed by atoms with E-state index < -0.39 is 11.6 Å². The average molecular weight is 489 g/mol. The van der Waals surface area contributed by atoms with Crippen LogP contribution in [-0.2, 0) is 11.2 Å². The second-order valence-electron chi connectivity index (χ2n) is 9.98. The summed E-state index contributed by atoms with van der Waals surface area (Å²) in [6, 6.07) is 24.6. The first-order valence-corrected chi connectivity index (χ1v) is 13.6. The fraction of sp³-hybridized carbons (Fsp3) is 0.424. The summed E-state index contributed by atoms with van der Waals surface area (Å²) < 4.78 is 20.1. The number of esters is 1. The summed E-state index contributed by atoms with van der Waals surface area (Å²) in [5.41, 5.74) is 3.88. The number of benzene rings is 3. The van der Waals surface area contributed by atoms with Gasteiger partial charge < -0.3 is 4.74 Å². The molecular weight excluding hydrogens is 447 g/mol. The fourth-order valence-corrected chi connectivity index (χ4v) is 4.50. The van der Waals surface area contributed by atoms with E-state index in [0.29, 0.717) is 12.2 Å². The molecule has 0 amide bonds. The van der Waals surface area contributed by atoms with Gasteiger partial charge in [-0.25, -0.2) is 9.18 Å². The van der Waals surface area contributed by atoms with Crippen LogP contribution in [0.4, 0.5) is 4.39 Å². The lowest BCUT2D eigenvalue weighted by Crippen LogP contribution is -2.34. The van der Waals surface area contributed by atoms with Crippen LogP contribution in [0.5, 0.6) is 5.75 Å². The van der Waals surface area contributed by atoms with Gasteiger partial charge in [0.05, 0.1) is 0 Å². The van der Waals surface area contributed by atoms with Gasteiger partial charge in [-0.1, -0.05) is 113 Å². The van der Waals surface area contributed by atoms with Gasteiger partial charge in [-0.05, 0) is 72.6 Å². The van der Waals surface area contributed by atoms with Gasteiger partial charge in [0.2, 0.25) is 5.67 Å². The number of aryl methyl sites for hydroxylation is 1. The summed E-state index contributed by atoms with van der Waals surface area (Å²) >= 11 is 0. The number of hydrogen-bond acceptors (Lipinski definition) is 2. The highest BCUT2D eigenvalue weighted by Gasteiger charge is 2.34. The number of rotatable bonds is 14. The largest absolute Gasteiger partial charge is 0.424 e. The Hall–Kier alpha value is -2.94. The first-order valence-electron chi connectivity index (χ1n) is 13.6. The summed E-state index contributed by atoms with van der Waals surface area (Å²) in [6.07, 6.45) is 10.3. The van der Waals surface area contributed by atoms with Crippen molar-refractivity contribution in [2.24, 2.45) is 0 Å². The van der Waals surface area contributed by atoms with Crippen molar-refractivity contribution in [2.75, 3.05) is 0 Å². The van der Waals surface area contributed by atoms with Crippen LogP contribution < -0.4 is 4.74 Å². The third kappa shape index (κ3) is 8.05. The molecule has 36 heavy (non-hydrogen) atoms. The minimum Gasteiger partial charge on any atom is -0.424 e. The average Bonchev–Trinajstić information content (AvgIpc) is 2.89. The van der Waals surface area contributed by atoms with Gasteiger partial charge in [0, 0.05) is 0 Å². The van der Waals surface area contributed by atoms with Crippen molar-refractivity contribution in [2.45, 2.75) is 90.6 Å². The van der Waals surface area contributed by atoms with Crippen LogP contribution in [0.25, 0.3) is 22.3 Å². The summed E-state index contributed by atoms with van der Waals surface area (Å²) in [5, 5.41) is 0. The molecule has 0 heterocycles. The van der Waals surface area contributed by atoms with Gasteiger partial charge in [0.1, 0.15) is 5.75 Å². The van der Waals surface area contributed by atoms with Crippen molar-refractivity contribution in [3.05, 3.63) is 78.4 Å². The zero-order valence-corrected chi connectivity index (χ0v) is 22.2. The molecule has 3 heteroatoms. The maximum absolute atomic E-state index is 14.7. The van der Waals surface area contributed by atoms with Crippen LogP contribution in [0.2, 0.25) is 0 Å². The smallest absolute Gasteiger partial charge is 0.348 e. The first-order chi connectivity index (χ1) is 17.4. The highest BCUT2D eigenvalue weighted by molar-refractivity contribution is 5.84. The Kier molecular flexibility index (Phi) is 10.7. The molecule has 3 aromatic rings. The van der Waals surface area contributed by atoms with Crippen molar-refractivity contribution in [1.82, 2.24) is 0 Å². The van der Waals surface area contributed by atoms with Crippen LogP contribution in [0.1, 0.15) is 84.1 Å². The van der Waals surface area contributed by atoms with E-state index >= 15 is 0 Å². The van der Waals surface area contributed by atoms with Crippen LogP contribution in [0.15, 0.2) is 72.8 Å². The molecule has 0 radical (unpaired) electrons. The lowest BCUT2D eigenvalue weighted by Gasteiger charge is -2.18. The van der Waals surface area contributed by atoms with Crippen LogP contribution in [-0.4, -0.2) is 11.6 Å². The lowest BCUT2D eigenvalue weighted by atomic mass is 9.93. The van der Waals surface area contributed by atoms with E-state index in [1.165, 1.54) is 50.2 Å². The molecule has 0 saturated heterocycles. The molecule has 0 aliphatic carbocycles. The van der Waals surface area contributed by atoms with Gasteiger partial charge in [0.25, 0.3) is 0 Å². The predicted octanol–water partition coefficient (Wildman–Crippen LogP) is 9.75. The molecule has 0 aromatic heterocycles. The third-order valence-corrected chi connectivity index (χ3v) is 6.81. The number of ether oxygens (including phenoxy) is 1. The molecule has 2 nitrogen and oxygen atoms in total. The molecule has 0 unspecified atom stereocenters. The van der Waals surface area contributed by atoms with Crippen molar-refractivity contribution in [1.29, 1.82) is 0 Å². The lowest BCUT2D eigenvalue weighted by molar-refractivity contribution is -0.147. The Bertz CT molecular complexity index is 1070. The second-order valence-corrected chi connectivity index (χ2v) is 9.98. The molecule has 1 atom stereocenters. The zero-order chi connectivity index (χ0) is 25.8. The van der Waals surface area contributed by atoms with Gasteiger partial charge in [-0.3, -0.25) is 0 Å². The van der Waals surface area contributed by atoms with E-state index in [1.807, 2.05) is 18.2 Å². The summed E-state index contributed by atoms with van der Waals surface area (Å²) in [6.45, 7) is 5.61. The maximum atomic E-state index is 14.7. The summed E-state index contributed by atoms with van der Waals surface area (Å²) in [7, 11) is 0. The number of carbonyl (C=O) groups excluding carboxylic acids is 1. The zero-order valence-electron chi connectivity index (χ0n) is 22.2. The first kappa shape index (κ1) is 27.6. The number of carbonyl (C=O) groups is 1. The highest BCUT2D eigenvalue weighted by Crippen LogP contribution is 2.33. The summed E-state index contributed by atoms with van der Waals surface area (Å²) in [5.74, 6) is -0.457. The SMILES string of the molecule is CCCCCCCc1ccc(-c2ccccc2-c2ccc(OC(=O)[C@@](C)(F)CCCCC)cc2)cc1. The Balaban J connectivity index is 1.67. The van der Waals surface area contributed by atoms with Gasteiger partial charge in [-0.2, -0.15) is 0 Å². The normalized spacial score (nSPS) is 12.8. The van der Waals surface area contributed by atoms with Crippen molar-refractivity contribution >= 4 is 5.97 Å². The molecular formula is C33H41FO2. The van der Waals surface area contributed by atoms with Crippen LogP contribution >= 0.6 is 0 Å². The van der Waals surface area contributed by atoms with Crippen molar-refractivity contribution in [3.63, 3.8) is 0 Å². The minimum atomic E-state index is -1.97. The monoisotopic (exact) mass is 488 g/mol. The van der Waals surface area contributed by atoms with Gasteiger partial charge in [0.15, 0.2) is 0 Å². The van der Waals surface area contributed by atoms with Crippen LogP contribution in [0.3, 0.4) is 0 Å². The molecule has 0 aliphatic rings. The van der Waals surface area contributed by atoms with Gasteiger partial charge in [-0.15, -0.1) is 0 Å². The molecule has 0 aliphatic heterocycles. The molecule has 0 spiro atoms. The molecule has 3 rings (SSSR count). The van der Waals surface area contributed by atoms with E-state index in [0.717, 1.165) is 36.0 Å². The Labute approximate surface area is 216 Å². The van der Waals surface area contributed by atoms with E-state index in [9.17, 15) is 9.18 Å². The second kappa shape index (κ2) is 14.0. The number of alkyl halides is 1. The minimum absolute atomic E-state index is 0.183. The molecule has 3 aromatic carbocycles. The maximum Gasteiger partial charge on any atom is 0.348 e. The third-order valence-electron chi connectivity index (χ3n) is 6.81. The Morgan fingerprint density at radius 2 is 1.25 bits per heavy atom. The Morgan fingerprint density at radius 3 is 1.83 bits per heavy atom. The molecule has 0 N–H and O–H groups in total. The van der Waals surface area contributed by atoms with E-state index in [-0.39, 0.29) is 6.42 Å². The van der Waals surface area contributed by atoms with Crippen molar-refractivity contribution in [3.8, 4) is 28.0 Å². The topological polar surface area (TPSA) is 26.3 Å². The highest BCUT2D eigenvalue weighted by atomic mass is 19.1. The predicted molar refractivity (Wildman–Crippen MR) is 149 cm³/mol. The standard InChI is InChI=1S/C33H41FO2/c1-4-6-8-9-10-14-26-17-19-27(20-18-26)30-15-11-12-16-31(30)28-21-23-29(24-22-28)36-32(35)33(3,34)25-13-7-5-2/h11-12,15-24H,4-10,13-14,25H2,1-3H3/t33-/m0/s1. The van der Waals surface area contributed by atoms with Crippen LogP contribution in [0, 0.1) is 0 Å². The number of hydrogen-bond donors (Lipinski definition) is 0. The van der Waals surface area contributed by atoms with E-state index in [2.05, 4.69) is 56.3 Å². The molecule has 192 valence electrons. The molecule has 0 fully saturated rings. The van der Waals surface area contributed by atoms with Gasteiger partial charge >= 0.3 is 5.97 Å². The Morgan fingerprint density at radius 1 is 0.722 bits per heavy atom.